The molecular formula is C53H38N6. The molecule has 5 aromatic carbocycles. The van der Waals surface area contributed by atoms with Gasteiger partial charge in [-0.25, -0.2) is 0 Å². The summed E-state index contributed by atoms with van der Waals surface area (Å²) in [6.07, 6.45) is 13.8. The molecule has 0 atom stereocenters. The molecule has 0 saturated carbocycles. The van der Waals surface area contributed by atoms with Crippen LogP contribution in [0.5, 0.6) is 0 Å². The number of pyridine rings is 3. The lowest BCUT2D eigenvalue weighted by molar-refractivity contribution is 1.13. The van der Waals surface area contributed by atoms with Crippen molar-refractivity contribution in [2.45, 2.75) is 20.3 Å². The van der Waals surface area contributed by atoms with E-state index in [0.717, 1.165) is 99.8 Å². The summed E-state index contributed by atoms with van der Waals surface area (Å²) in [5.74, 6) is 6.27. The van der Waals surface area contributed by atoms with Crippen LogP contribution in [0.4, 0.5) is 0 Å². The van der Waals surface area contributed by atoms with Gasteiger partial charge in [0.1, 0.15) is 0 Å². The zero-order valence-electron chi connectivity index (χ0n) is 32.7. The van der Waals surface area contributed by atoms with Crippen LogP contribution in [-0.2, 0) is 0 Å². The lowest BCUT2D eigenvalue weighted by atomic mass is 9.94. The van der Waals surface area contributed by atoms with Gasteiger partial charge in [-0.15, -0.1) is 0 Å². The Morgan fingerprint density at radius 1 is 0.492 bits per heavy atom. The second kappa shape index (κ2) is 15.2. The topological polar surface area (TPSA) is 60.9 Å². The molecule has 0 saturated heterocycles. The Hall–Kier alpha value is -7.88. The summed E-state index contributed by atoms with van der Waals surface area (Å²) in [5, 5.41) is 4.48. The van der Waals surface area contributed by atoms with Crippen LogP contribution in [0.15, 0.2) is 188 Å². The van der Waals surface area contributed by atoms with E-state index in [1.165, 1.54) is 0 Å². The van der Waals surface area contributed by atoms with Crippen molar-refractivity contribution < 1.29 is 0 Å². The van der Waals surface area contributed by atoms with Crippen molar-refractivity contribution in [3.8, 4) is 56.7 Å². The molecule has 11 rings (SSSR count). The highest BCUT2D eigenvalue weighted by Crippen LogP contribution is 2.39. The van der Waals surface area contributed by atoms with E-state index in [0.29, 0.717) is 6.42 Å². The molecular weight excluding hydrogens is 721 g/mol. The van der Waals surface area contributed by atoms with E-state index in [-0.39, 0.29) is 0 Å². The van der Waals surface area contributed by atoms with Crippen LogP contribution >= 0.6 is 0 Å². The van der Waals surface area contributed by atoms with E-state index in [2.05, 4.69) is 163 Å². The molecule has 0 spiro atoms. The molecule has 0 fully saturated rings. The molecule has 5 aromatic heterocycles. The SMILES string of the molecule is C1#CCC(c2ccccc2-c2ccc3c(c2)c2cnccc2n3-c2cccc(-n3c4ccncc4c4cc(-c5ccccc5-c5ccccn5)ccc43)c2)=NC=C1.CC. The van der Waals surface area contributed by atoms with E-state index in [4.69, 9.17) is 4.99 Å². The fourth-order valence-corrected chi connectivity index (χ4v) is 8.43. The quantitative estimate of drug-likeness (QED) is 0.159. The second-order valence-electron chi connectivity index (χ2n) is 14.1. The predicted molar refractivity (Wildman–Crippen MR) is 244 cm³/mol. The number of nitrogens with zero attached hydrogens (tertiary/aromatic N) is 6. The Balaban J connectivity index is 0.00000207. The molecule has 6 nitrogen and oxygen atoms in total. The van der Waals surface area contributed by atoms with E-state index >= 15 is 0 Å². The van der Waals surface area contributed by atoms with Gasteiger partial charge in [0.15, 0.2) is 0 Å². The van der Waals surface area contributed by atoms with Crippen LogP contribution in [-0.4, -0.2) is 29.8 Å². The highest BCUT2D eigenvalue weighted by Gasteiger charge is 2.19. The molecule has 59 heavy (non-hydrogen) atoms. The van der Waals surface area contributed by atoms with Gasteiger partial charge in [0.2, 0.25) is 0 Å². The van der Waals surface area contributed by atoms with Crippen molar-refractivity contribution in [3.63, 3.8) is 0 Å². The monoisotopic (exact) mass is 758 g/mol. The van der Waals surface area contributed by atoms with Gasteiger partial charge in [0.25, 0.3) is 0 Å². The number of aliphatic imine (C=N–C) groups is 1. The summed E-state index contributed by atoms with van der Waals surface area (Å²) >= 11 is 0. The van der Waals surface area contributed by atoms with Crippen LogP contribution < -0.4 is 0 Å². The minimum atomic E-state index is 0.607. The molecule has 1 aliphatic heterocycles. The van der Waals surface area contributed by atoms with Crippen LogP contribution in [0.1, 0.15) is 25.8 Å². The highest BCUT2D eigenvalue weighted by atomic mass is 15.0. The first kappa shape index (κ1) is 35.5. The van der Waals surface area contributed by atoms with Crippen molar-refractivity contribution in [1.29, 1.82) is 0 Å². The number of rotatable bonds is 6. The maximum atomic E-state index is 4.72. The predicted octanol–water partition coefficient (Wildman–Crippen LogP) is 12.8. The van der Waals surface area contributed by atoms with Gasteiger partial charge in [-0.05, 0) is 89.0 Å². The maximum absolute atomic E-state index is 4.72. The van der Waals surface area contributed by atoms with Crippen LogP contribution in [0, 0.1) is 11.8 Å². The van der Waals surface area contributed by atoms with Gasteiger partial charge in [-0.3, -0.25) is 19.9 Å². The van der Waals surface area contributed by atoms with Gasteiger partial charge in [-0.1, -0.05) is 98.5 Å². The molecule has 1 aliphatic rings. The Bertz CT molecular complexity index is 3340. The van der Waals surface area contributed by atoms with Gasteiger partial charge >= 0.3 is 0 Å². The summed E-state index contributed by atoms with van der Waals surface area (Å²) in [6.45, 7) is 4.00. The Kier molecular flexibility index (Phi) is 9.17. The normalized spacial score (nSPS) is 12.2. The zero-order valence-corrected chi connectivity index (χ0v) is 32.7. The largest absolute Gasteiger partial charge is 0.309 e. The van der Waals surface area contributed by atoms with Crippen molar-refractivity contribution in [2.75, 3.05) is 0 Å². The van der Waals surface area contributed by atoms with Crippen LogP contribution in [0.2, 0.25) is 0 Å². The molecule has 6 heterocycles. The minimum absolute atomic E-state index is 0.607. The van der Waals surface area contributed by atoms with Crippen molar-refractivity contribution in [2.24, 2.45) is 4.99 Å². The van der Waals surface area contributed by atoms with Gasteiger partial charge < -0.3 is 9.13 Å². The minimum Gasteiger partial charge on any atom is -0.309 e. The zero-order chi connectivity index (χ0) is 39.7. The molecule has 0 N–H and O–H groups in total. The third kappa shape index (κ3) is 6.17. The van der Waals surface area contributed by atoms with E-state index in [1.54, 1.807) is 12.3 Å². The summed E-state index contributed by atoms with van der Waals surface area (Å²) in [4.78, 5) is 18.6. The van der Waals surface area contributed by atoms with Crippen LogP contribution in [0.25, 0.3) is 88.5 Å². The second-order valence-corrected chi connectivity index (χ2v) is 14.1. The fraction of sp³-hybridized carbons (Fsp3) is 0.0566. The van der Waals surface area contributed by atoms with Gasteiger partial charge in [0, 0.05) is 87.3 Å². The standard InChI is InChI=1S/C51H32N6.C2H6/c1-2-17-46(54-25-8-1)40-15-5-3-13-38(40)34-19-21-48-42(29-34)44-32-52-27-23-50(44)56(48)36-11-10-12-37(31-36)57-49-22-20-35(30-43(49)45-33-53-28-24-51(45)57)39-14-4-6-16-41(39)47-18-7-9-26-55-47;1-2/h3-16,18-33H,17H2;1-2H3. The summed E-state index contributed by atoms with van der Waals surface area (Å²) in [5.41, 5.74) is 15.2. The average molecular weight is 759 g/mol. The number of allylic oxidation sites excluding steroid dienone is 1. The molecule has 6 heteroatoms. The van der Waals surface area contributed by atoms with Gasteiger partial charge in [-0.2, -0.15) is 0 Å². The van der Waals surface area contributed by atoms with Crippen molar-refractivity contribution in [1.82, 2.24) is 24.1 Å². The van der Waals surface area contributed by atoms with Crippen LogP contribution in [0.3, 0.4) is 0 Å². The number of hydrogen-bond donors (Lipinski definition) is 0. The number of hydrogen-bond acceptors (Lipinski definition) is 4. The summed E-state index contributed by atoms with van der Waals surface area (Å²) in [7, 11) is 0. The Morgan fingerprint density at radius 3 is 1.66 bits per heavy atom. The van der Waals surface area contributed by atoms with E-state index < -0.39 is 0 Å². The first-order chi connectivity index (χ1) is 29.3. The molecule has 0 aliphatic carbocycles. The molecule has 10 aromatic rings. The van der Waals surface area contributed by atoms with E-state index in [9.17, 15) is 0 Å². The molecule has 0 unspecified atom stereocenters. The summed E-state index contributed by atoms with van der Waals surface area (Å²) < 4.78 is 4.70. The lowest BCUT2D eigenvalue weighted by Gasteiger charge is -2.14. The molecule has 280 valence electrons. The van der Waals surface area contributed by atoms with Gasteiger partial charge in [0.05, 0.1) is 39.9 Å². The first-order valence-electron chi connectivity index (χ1n) is 20.0. The Labute approximate surface area is 342 Å². The maximum Gasteiger partial charge on any atom is 0.0708 e. The lowest BCUT2D eigenvalue weighted by Crippen LogP contribution is -2.01. The number of benzene rings is 5. The highest BCUT2D eigenvalue weighted by molar-refractivity contribution is 6.13. The third-order valence-electron chi connectivity index (χ3n) is 11.0. The molecule has 0 bridgehead atoms. The van der Waals surface area contributed by atoms with Crippen molar-refractivity contribution in [3.05, 3.63) is 188 Å². The first-order valence-corrected chi connectivity index (χ1v) is 20.0. The number of fused-ring (bicyclic) bond motifs is 6. The molecule has 0 amide bonds. The third-order valence-corrected chi connectivity index (χ3v) is 11.0. The van der Waals surface area contributed by atoms with E-state index in [1.807, 2.05) is 57.0 Å². The van der Waals surface area contributed by atoms with Crippen molar-refractivity contribution >= 4 is 49.3 Å². The number of aromatic nitrogens is 5. The average Bonchev–Trinajstić information content (AvgIpc) is 3.67. The Morgan fingerprint density at radius 2 is 1.05 bits per heavy atom. The fourth-order valence-electron chi connectivity index (χ4n) is 8.43. The smallest absolute Gasteiger partial charge is 0.0708 e. The molecule has 0 radical (unpaired) electrons. The summed E-state index contributed by atoms with van der Waals surface area (Å²) in [6, 6.07) is 49.5.